The molecule has 37 heavy (non-hydrogen) atoms. The number of alkyl halides is 3. The number of rotatable bonds is 7. The van der Waals surface area contributed by atoms with E-state index in [1.165, 1.54) is 6.07 Å². The van der Waals surface area contributed by atoms with Crippen molar-refractivity contribution >= 4 is 34.8 Å². The molecular weight excluding hydrogens is 526 g/mol. The molecule has 0 bridgehead atoms. The molecule has 0 unspecified atom stereocenters. The maximum atomic E-state index is 13.1. The van der Waals surface area contributed by atoms with Gasteiger partial charge < -0.3 is 10.1 Å². The standard InChI is InChI=1S/C27H22Cl2F3N3O2/c1-16-25(17(2)35(34-16)14-18-5-4-8-21(12-18)27(30,31)32)33-26(36)20-7-3-6-19(11-20)15-37-24-10-9-22(28)13-23(24)29/h3-13H,14-15H2,1-2H3,(H,33,36). The third-order valence-corrected chi connectivity index (χ3v) is 6.21. The number of aromatic nitrogens is 2. The van der Waals surface area contributed by atoms with Crippen LogP contribution in [0.5, 0.6) is 5.75 Å². The summed E-state index contributed by atoms with van der Waals surface area (Å²) >= 11 is 12.1. The number of aryl methyl sites for hydroxylation is 1. The molecule has 0 aliphatic heterocycles. The average molecular weight is 548 g/mol. The fourth-order valence-corrected chi connectivity index (χ4v) is 4.26. The van der Waals surface area contributed by atoms with Gasteiger partial charge in [-0.05, 0) is 67.4 Å². The van der Waals surface area contributed by atoms with Crippen molar-refractivity contribution in [3.63, 3.8) is 0 Å². The predicted octanol–water partition coefficient (Wildman–Crippen LogP) is 7.71. The number of hydrogen-bond acceptors (Lipinski definition) is 3. The summed E-state index contributed by atoms with van der Waals surface area (Å²) in [5.74, 6) is 0.122. The summed E-state index contributed by atoms with van der Waals surface area (Å²) in [5, 5.41) is 8.18. The van der Waals surface area contributed by atoms with Gasteiger partial charge in [-0.1, -0.05) is 47.5 Å². The second-order valence-electron chi connectivity index (χ2n) is 8.42. The first-order valence-electron chi connectivity index (χ1n) is 11.2. The highest BCUT2D eigenvalue weighted by Gasteiger charge is 2.30. The summed E-state index contributed by atoms with van der Waals surface area (Å²) < 4.78 is 46.5. The van der Waals surface area contributed by atoms with Crippen LogP contribution < -0.4 is 10.1 Å². The Kier molecular flexibility index (Phi) is 7.80. The van der Waals surface area contributed by atoms with E-state index in [2.05, 4.69) is 10.4 Å². The number of amides is 1. The zero-order valence-corrected chi connectivity index (χ0v) is 21.4. The zero-order valence-electron chi connectivity index (χ0n) is 19.9. The van der Waals surface area contributed by atoms with E-state index in [0.717, 1.165) is 17.7 Å². The predicted molar refractivity (Wildman–Crippen MR) is 137 cm³/mol. The Morgan fingerprint density at radius 3 is 2.46 bits per heavy atom. The molecule has 4 rings (SSSR count). The number of carbonyl (C=O) groups is 1. The topological polar surface area (TPSA) is 56.2 Å². The fourth-order valence-electron chi connectivity index (χ4n) is 3.79. The Balaban J connectivity index is 1.46. The average Bonchev–Trinajstić information content (AvgIpc) is 3.10. The Morgan fingerprint density at radius 2 is 1.73 bits per heavy atom. The molecule has 0 saturated heterocycles. The normalized spacial score (nSPS) is 11.4. The summed E-state index contributed by atoms with van der Waals surface area (Å²) in [6.45, 7) is 3.80. The van der Waals surface area contributed by atoms with Crippen LogP contribution in [-0.4, -0.2) is 15.7 Å². The zero-order chi connectivity index (χ0) is 26.7. The van der Waals surface area contributed by atoms with Crippen molar-refractivity contribution in [2.75, 3.05) is 5.32 Å². The van der Waals surface area contributed by atoms with Crippen molar-refractivity contribution in [3.05, 3.63) is 110 Å². The monoisotopic (exact) mass is 547 g/mol. The quantitative estimate of drug-likeness (QED) is 0.258. The molecule has 192 valence electrons. The number of carbonyl (C=O) groups excluding carboxylic acids is 1. The van der Waals surface area contributed by atoms with Crippen LogP contribution in [0.25, 0.3) is 0 Å². The van der Waals surface area contributed by atoms with E-state index in [1.807, 2.05) is 6.07 Å². The molecule has 1 amide bonds. The molecule has 1 heterocycles. The molecule has 0 atom stereocenters. The summed E-state index contributed by atoms with van der Waals surface area (Å²) in [4.78, 5) is 13.0. The summed E-state index contributed by atoms with van der Waals surface area (Å²) in [6, 6.07) is 17.0. The summed E-state index contributed by atoms with van der Waals surface area (Å²) in [6.07, 6.45) is -4.43. The first kappa shape index (κ1) is 26.6. The van der Waals surface area contributed by atoms with Crippen LogP contribution >= 0.6 is 23.2 Å². The van der Waals surface area contributed by atoms with Gasteiger partial charge in [0.2, 0.25) is 0 Å². The fraction of sp³-hybridized carbons (Fsp3) is 0.185. The van der Waals surface area contributed by atoms with Crippen LogP contribution in [0.3, 0.4) is 0 Å². The molecule has 0 saturated carbocycles. The lowest BCUT2D eigenvalue weighted by Gasteiger charge is -2.11. The van der Waals surface area contributed by atoms with Gasteiger partial charge in [0.1, 0.15) is 12.4 Å². The van der Waals surface area contributed by atoms with Gasteiger partial charge >= 0.3 is 6.18 Å². The van der Waals surface area contributed by atoms with Crippen molar-refractivity contribution in [3.8, 4) is 5.75 Å². The van der Waals surface area contributed by atoms with Gasteiger partial charge in [-0.3, -0.25) is 9.48 Å². The third-order valence-electron chi connectivity index (χ3n) is 5.68. The molecule has 0 aliphatic rings. The highest BCUT2D eigenvalue weighted by atomic mass is 35.5. The molecule has 4 aromatic rings. The van der Waals surface area contributed by atoms with E-state index in [4.69, 9.17) is 27.9 Å². The third kappa shape index (κ3) is 6.45. The van der Waals surface area contributed by atoms with Gasteiger partial charge in [0.25, 0.3) is 5.91 Å². The maximum Gasteiger partial charge on any atom is 0.416 e. The van der Waals surface area contributed by atoms with E-state index >= 15 is 0 Å². The minimum Gasteiger partial charge on any atom is -0.487 e. The number of halogens is 5. The number of ether oxygens (including phenoxy) is 1. The number of hydrogen-bond donors (Lipinski definition) is 1. The molecular formula is C27H22Cl2F3N3O2. The van der Waals surface area contributed by atoms with Crippen molar-refractivity contribution in [1.82, 2.24) is 9.78 Å². The maximum absolute atomic E-state index is 13.1. The second kappa shape index (κ2) is 10.9. The van der Waals surface area contributed by atoms with Crippen molar-refractivity contribution in [2.24, 2.45) is 0 Å². The summed E-state index contributed by atoms with van der Waals surface area (Å²) in [5.41, 5.74) is 2.58. The van der Waals surface area contributed by atoms with Gasteiger partial charge in [0, 0.05) is 10.6 Å². The Bertz CT molecular complexity index is 1450. The molecule has 1 aromatic heterocycles. The number of nitrogens with one attached hydrogen (secondary N) is 1. The molecule has 5 nitrogen and oxygen atoms in total. The second-order valence-corrected chi connectivity index (χ2v) is 9.26. The number of benzene rings is 3. The molecule has 0 radical (unpaired) electrons. The minimum atomic E-state index is -4.43. The first-order valence-corrected chi connectivity index (χ1v) is 11.9. The van der Waals surface area contributed by atoms with E-state index in [1.54, 1.807) is 61.0 Å². The lowest BCUT2D eigenvalue weighted by atomic mass is 10.1. The van der Waals surface area contributed by atoms with E-state index in [-0.39, 0.29) is 19.1 Å². The summed E-state index contributed by atoms with van der Waals surface area (Å²) in [7, 11) is 0. The molecule has 1 N–H and O–H groups in total. The first-order chi connectivity index (χ1) is 17.5. The van der Waals surface area contributed by atoms with Crippen molar-refractivity contribution in [1.29, 1.82) is 0 Å². The molecule has 3 aromatic carbocycles. The van der Waals surface area contributed by atoms with Crippen molar-refractivity contribution < 1.29 is 22.7 Å². The van der Waals surface area contributed by atoms with Crippen LogP contribution in [0.15, 0.2) is 66.7 Å². The minimum absolute atomic E-state index is 0.131. The SMILES string of the molecule is Cc1nn(Cc2cccc(C(F)(F)F)c2)c(C)c1NC(=O)c1cccc(COc2ccc(Cl)cc2Cl)c1. The molecule has 0 spiro atoms. The van der Waals surface area contributed by atoms with Crippen LogP contribution in [0.1, 0.15) is 38.4 Å². The highest BCUT2D eigenvalue weighted by Crippen LogP contribution is 2.30. The van der Waals surface area contributed by atoms with Gasteiger partial charge in [-0.2, -0.15) is 18.3 Å². The van der Waals surface area contributed by atoms with Crippen LogP contribution in [-0.2, 0) is 19.3 Å². The Hall–Kier alpha value is -3.49. The van der Waals surface area contributed by atoms with E-state index in [9.17, 15) is 18.0 Å². The van der Waals surface area contributed by atoms with Gasteiger partial charge in [0.15, 0.2) is 0 Å². The van der Waals surface area contributed by atoms with Crippen LogP contribution in [0.2, 0.25) is 10.0 Å². The number of anilines is 1. The lowest BCUT2D eigenvalue weighted by molar-refractivity contribution is -0.137. The highest BCUT2D eigenvalue weighted by molar-refractivity contribution is 6.35. The van der Waals surface area contributed by atoms with Gasteiger partial charge in [-0.25, -0.2) is 0 Å². The van der Waals surface area contributed by atoms with Crippen LogP contribution in [0, 0.1) is 13.8 Å². The number of nitrogens with zero attached hydrogens (tertiary/aromatic N) is 2. The van der Waals surface area contributed by atoms with E-state index in [0.29, 0.717) is 44.0 Å². The largest absolute Gasteiger partial charge is 0.487 e. The van der Waals surface area contributed by atoms with E-state index < -0.39 is 11.7 Å². The Labute approximate surface area is 221 Å². The smallest absolute Gasteiger partial charge is 0.416 e. The van der Waals surface area contributed by atoms with Gasteiger partial charge in [-0.15, -0.1) is 0 Å². The van der Waals surface area contributed by atoms with Crippen LogP contribution in [0.4, 0.5) is 18.9 Å². The molecule has 0 fully saturated rings. The Morgan fingerprint density at radius 1 is 1.00 bits per heavy atom. The van der Waals surface area contributed by atoms with Crippen molar-refractivity contribution in [2.45, 2.75) is 33.2 Å². The van der Waals surface area contributed by atoms with Gasteiger partial charge in [0.05, 0.1) is 34.2 Å². The lowest BCUT2D eigenvalue weighted by Crippen LogP contribution is -2.14. The molecule has 10 heteroatoms. The molecule has 0 aliphatic carbocycles.